The summed E-state index contributed by atoms with van der Waals surface area (Å²) in [5.41, 5.74) is 5.87. The van der Waals surface area contributed by atoms with E-state index in [4.69, 9.17) is 10.8 Å². The third-order valence-corrected chi connectivity index (χ3v) is 3.72. The summed E-state index contributed by atoms with van der Waals surface area (Å²) in [6.07, 6.45) is -0.0167. The van der Waals surface area contributed by atoms with Crippen LogP contribution < -0.4 is 21.7 Å². The molecule has 0 unspecified atom stereocenters. The van der Waals surface area contributed by atoms with Crippen LogP contribution in [0.4, 0.5) is 0 Å². The van der Waals surface area contributed by atoms with Crippen LogP contribution in [0.2, 0.25) is 0 Å². The molecular formula is C17H24N4O7. The van der Waals surface area contributed by atoms with Gasteiger partial charge in [-0.05, 0) is 24.6 Å². The van der Waals surface area contributed by atoms with Crippen molar-refractivity contribution >= 4 is 23.7 Å². The van der Waals surface area contributed by atoms with Crippen LogP contribution in [0.25, 0.3) is 0 Å². The molecule has 0 aliphatic carbocycles. The van der Waals surface area contributed by atoms with Gasteiger partial charge in [-0.15, -0.1) is 0 Å². The van der Waals surface area contributed by atoms with E-state index in [1.807, 2.05) is 0 Å². The second kappa shape index (κ2) is 10.8. The number of phenolic OH excluding ortho intramolecular Hbond substituents is 1. The molecule has 1 aromatic rings. The van der Waals surface area contributed by atoms with Crippen molar-refractivity contribution in [3.63, 3.8) is 0 Å². The van der Waals surface area contributed by atoms with Gasteiger partial charge in [-0.1, -0.05) is 12.1 Å². The van der Waals surface area contributed by atoms with Gasteiger partial charge in [-0.2, -0.15) is 0 Å². The molecule has 8 N–H and O–H groups in total. The summed E-state index contributed by atoms with van der Waals surface area (Å²) < 4.78 is 0. The summed E-state index contributed by atoms with van der Waals surface area (Å²) >= 11 is 0. The van der Waals surface area contributed by atoms with Crippen molar-refractivity contribution in [1.29, 1.82) is 0 Å². The molecule has 0 aliphatic heterocycles. The minimum Gasteiger partial charge on any atom is -0.508 e. The van der Waals surface area contributed by atoms with Crippen LogP contribution in [-0.2, 0) is 25.6 Å². The van der Waals surface area contributed by atoms with Crippen molar-refractivity contribution in [2.75, 3.05) is 13.2 Å². The predicted octanol–water partition coefficient (Wildman–Crippen LogP) is -2.56. The fraction of sp³-hybridized carbons (Fsp3) is 0.412. The third kappa shape index (κ3) is 7.60. The summed E-state index contributed by atoms with van der Waals surface area (Å²) in [6, 6.07) is 2.40. The number of phenols is 1. The van der Waals surface area contributed by atoms with Crippen molar-refractivity contribution in [3.8, 4) is 5.75 Å². The number of benzene rings is 1. The number of amides is 3. The summed E-state index contributed by atoms with van der Waals surface area (Å²) in [5, 5.41) is 34.1. The lowest BCUT2D eigenvalue weighted by Crippen LogP contribution is -2.53. The van der Waals surface area contributed by atoms with Crippen LogP contribution in [0.3, 0.4) is 0 Å². The van der Waals surface area contributed by atoms with Crippen molar-refractivity contribution in [2.45, 2.75) is 31.5 Å². The summed E-state index contributed by atoms with van der Waals surface area (Å²) in [5.74, 6) is -3.37. The van der Waals surface area contributed by atoms with Gasteiger partial charge in [0, 0.05) is 6.42 Å². The highest BCUT2D eigenvalue weighted by Crippen LogP contribution is 2.11. The standard InChI is InChI=1S/C17H24N4O7/c1-9(20-14(24)7-19-16(26)12(18)8-22)15(25)21-13(17(27)28)6-10-2-4-11(23)5-3-10/h2-5,9,12-13,22-23H,6-8,18H2,1H3,(H,19,26)(H,20,24)(H,21,25)(H,27,28)/t9-,12-,13-/m0/s1. The smallest absolute Gasteiger partial charge is 0.326 e. The average Bonchev–Trinajstić information content (AvgIpc) is 2.66. The molecule has 0 radical (unpaired) electrons. The number of carboxylic acids is 1. The van der Waals surface area contributed by atoms with Crippen molar-refractivity contribution in [1.82, 2.24) is 16.0 Å². The normalized spacial score (nSPS) is 13.7. The van der Waals surface area contributed by atoms with E-state index in [-0.39, 0.29) is 12.2 Å². The van der Waals surface area contributed by atoms with Crippen LogP contribution in [0.5, 0.6) is 5.75 Å². The molecule has 11 nitrogen and oxygen atoms in total. The number of aliphatic carboxylic acids is 1. The van der Waals surface area contributed by atoms with Crippen LogP contribution in [0, 0.1) is 0 Å². The Morgan fingerprint density at radius 1 is 1.07 bits per heavy atom. The Hall–Kier alpha value is -3.18. The summed E-state index contributed by atoms with van der Waals surface area (Å²) in [4.78, 5) is 46.7. The molecule has 11 heteroatoms. The Morgan fingerprint density at radius 2 is 1.68 bits per heavy atom. The number of nitrogens with two attached hydrogens (primary N) is 1. The second-order valence-corrected chi connectivity index (χ2v) is 6.07. The number of aliphatic hydroxyl groups is 1. The average molecular weight is 396 g/mol. The van der Waals surface area contributed by atoms with Gasteiger partial charge in [-0.3, -0.25) is 14.4 Å². The molecule has 28 heavy (non-hydrogen) atoms. The largest absolute Gasteiger partial charge is 0.508 e. The van der Waals surface area contributed by atoms with Gasteiger partial charge in [0.25, 0.3) is 0 Å². The van der Waals surface area contributed by atoms with Gasteiger partial charge in [0.2, 0.25) is 17.7 Å². The lowest BCUT2D eigenvalue weighted by Gasteiger charge is -2.19. The van der Waals surface area contributed by atoms with E-state index < -0.39 is 55.0 Å². The van der Waals surface area contributed by atoms with E-state index in [2.05, 4.69) is 16.0 Å². The molecule has 0 aliphatic rings. The number of nitrogens with one attached hydrogen (secondary N) is 3. The molecule has 0 spiro atoms. The SMILES string of the molecule is C[C@H](NC(=O)CNC(=O)[C@@H](N)CO)C(=O)N[C@@H](Cc1ccc(O)cc1)C(=O)O. The van der Waals surface area contributed by atoms with Gasteiger partial charge in [0.1, 0.15) is 23.9 Å². The summed E-state index contributed by atoms with van der Waals surface area (Å²) in [6.45, 7) is 0.317. The number of aliphatic hydroxyl groups excluding tert-OH is 1. The minimum absolute atomic E-state index is 0.0167. The van der Waals surface area contributed by atoms with Crippen LogP contribution in [0.1, 0.15) is 12.5 Å². The van der Waals surface area contributed by atoms with Crippen molar-refractivity contribution in [3.05, 3.63) is 29.8 Å². The van der Waals surface area contributed by atoms with E-state index in [1.165, 1.54) is 31.2 Å². The Bertz CT molecular complexity index is 708. The molecule has 3 atom stereocenters. The van der Waals surface area contributed by atoms with E-state index in [9.17, 15) is 29.4 Å². The maximum absolute atomic E-state index is 12.2. The number of carbonyl (C=O) groups is 4. The van der Waals surface area contributed by atoms with Gasteiger partial charge >= 0.3 is 5.97 Å². The monoisotopic (exact) mass is 396 g/mol. The second-order valence-electron chi connectivity index (χ2n) is 6.07. The number of rotatable bonds is 10. The molecule has 1 aromatic carbocycles. The van der Waals surface area contributed by atoms with Gasteiger partial charge in [0.05, 0.1) is 13.2 Å². The molecule has 0 bridgehead atoms. The highest BCUT2D eigenvalue weighted by molar-refractivity contribution is 5.92. The van der Waals surface area contributed by atoms with Crippen LogP contribution >= 0.6 is 0 Å². The zero-order valence-electron chi connectivity index (χ0n) is 15.2. The molecule has 0 fully saturated rings. The lowest BCUT2D eigenvalue weighted by atomic mass is 10.1. The van der Waals surface area contributed by atoms with Crippen LogP contribution in [0.15, 0.2) is 24.3 Å². The molecule has 154 valence electrons. The number of carboxylic acid groups (broad SMARTS) is 1. The van der Waals surface area contributed by atoms with E-state index in [0.717, 1.165) is 0 Å². The van der Waals surface area contributed by atoms with Gasteiger partial charge in [-0.25, -0.2) is 4.79 Å². The number of carbonyl (C=O) groups excluding carboxylic acids is 3. The number of hydrogen-bond acceptors (Lipinski definition) is 7. The third-order valence-electron chi connectivity index (χ3n) is 3.72. The molecule has 3 amide bonds. The number of hydrogen-bond donors (Lipinski definition) is 7. The Labute approximate surface area is 160 Å². The molecule has 0 saturated carbocycles. The topological polar surface area (TPSA) is 191 Å². The predicted molar refractivity (Wildman–Crippen MR) is 97.1 cm³/mol. The zero-order chi connectivity index (χ0) is 21.3. The quantitative estimate of drug-likeness (QED) is 0.225. The number of aromatic hydroxyl groups is 1. The molecule has 0 heterocycles. The maximum atomic E-state index is 12.2. The Morgan fingerprint density at radius 3 is 2.21 bits per heavy atom. The highest BCUT2D eigenvalue weighted by Gasteiger charge is 2.24. The fourth-order valence-electron chi connectivity index (χ4n) is 2.10. The Kier molecular flexibility index (Phi) is 8.85. The molecule has 1 rings (SSSR count). The first-order valence-corrected chi connectivity index (χ1v) is 8.38. The zero-order valence-corrected chi connectivity index (χ0v) is 15.2. The van der Waals surface area contributed by atoms with E-state index >= 15 is 0 Å². The molecule has 0 saturated heterocycles. The van der Waals surface area contributed by atoms with Crippen LogP contribution in [-0.4, -0.2) is 70.3 Å². The maximum Gasteiger partial charge on any atom is 0.326 e. The van der Waals surface area contributed by atoms with Gasteiger partial charge < -0.3 is 37.0 Å². The first-order valence-electron chi connectivity index (χ1n) is 8.38. The van der Waals surface area contributed by atoms with E-state index in [1.54, 1.807) is 0 Å². The molecule has 0 aromatic heterocycles. The Balaban J connectivity index is 2.55. The minimum atomic E-state index is -1.26. The highest BCUT2D eigenvalue weighted by atomic mass is 16.4. The van der Waals surface area contributed by atoms with Crippen molar-refractivity contribution < 1.29 is 34.5 Å². The fourth-order valence-corrected chi connectivity index (χ4v) is 2.10. The molecular weight excluding hydrogens is 372 g/mol. The lowest BCUT2D eigenvalue weighted by molar-refractivity contribution is -0.142. The van der Waals surface area contributed by atoms with Gasteiger partial charge in [0.15, 0.2) is 0 Å². The first kappa shape index (κ1) is 22.9. The first-order chi connectivity index (χ1) is 13.1. The van der Waals surface area contributed by atoms with E-state index in [0.29, 0.717) is 5.56 Å². The summed E-state index contributed by atoms with van der Waals surface area (Å²) in [7, 11) is 0. The van der Waals surface area contributed by atoms with Crippen molar-refractivity contribution in [2.24, 2.45) is 5.73 Å².